The van der Waals surface area contributed by atoms with Crippen LogP contribution >= 0.6 is 11.8 Å². The summed E-state index contributed by atoms with van der Waals surface area (Å²) < 4.78 is 0. The van der Waals surface area contributed by atoms with Crippen molar-refractivity contribution in [3.05, 3.63) is 95.1 Å². The Hall–Kier alpha value is -3.37. The molecule has 4 aromatic rings. The third-order valence-electron chi connectivity index (χ3n) is 6.15. The fourth-order valence-corrected chi connectivity index (χ4v) is 4.99. The lowest BCUT2D eigenvalue weighted by Gasteiger charge is -2.19. The molecule has 0 unspecified atom stereocenters. The van der Waals surface area contributed by atoms with Gasteiger partial charge in [0.05, 0.1) is 11.4 Å². The first kappa shape index (κ1) is 21.8. The summed E-state index contributed by atoms with van der Waals surface area (Å²) in [5, 5.41) is 3.42. The Morgan fingerprint density at radius 2 is 1.06 bits per heavy atom. The summed E-state index contributed by atoms with van der Waals surface area (Å²) in [6.45, 7) is 8.42. The van der Waals surface area contributed by atoms with E-state index >= 15 is 0 Å². The third-order valence-corrected chi connectivity index (χ3v) is 7.30. The highest BCUT2D eigenvalue weighted by molar-refractivity contribution is 7.99. The standard InChI is InChI=1S/C16H20N2.C12H9NS/c1-9-11(3)16(18)12(4)10(2)15(9)13-5-7-14(17)8-6-13;1-3-7-11-9(5-1)13-10-6-2-4-8-12(10)14-11/h5-8H,17-18H2,1-4H3;1-8,13H. The average molecular weight is 440 g/mol. The fourth-order valence-electron chi connectivity index (χ4n) is 4.01. The van der Waals surface area contributed by atoms with Crippen molar-refractivity contribution in [2.24, 2.45) is 0 Å². The molecule has 4 aromatic carbocycles. The molecule has 32 heavy (non-hydrogen) atoms. The molecular weight excluding hydrogens is 410 g/mol. The van der Waals surface area contributed by atoms with Crippen LogP contribution in [0.3, 0.4) is 0 Å². The van der Waals surface area contributed by atoms with E-state index in [2.05, 4.69) is 93.7 Å². The summed E-state index contributed by atoms with van der Waals surface area (Å²) in [6, 6.07) is 24.8. The lowest BCUT2D eigenvalue weighted by atomic mass is 9.88. The maximum absolute atomic E-state index is 6.13. The monoisotopic (exact) mass is 439 g/mol. The number of para-hydroxylation sites is 2. The van der Waals surface area contributed by atoms with E-state index in [0.29, 0.717) is 0 Å². The molecule has 0 amide bonds. The Balaban J connectivity index is 0.000000157. The van der Waals surface area contributed by atoms with Crippen LogP contribution in [-0.4, -0.2) is 0 Å². The van der Waals surface area contributed by atoms with Crippen molar-refractivity contribution in [2.75, 3.05) is 16.8 Å². The van der Waals surface area contributed by atoms with Crippen LogP contribution in [0.15, 0.2) is 82.6 Å². The zero-order chi connectivity index (χ0) is 22.8. The van der Waals surface area contributed by atoms with Crippen molar-refractivity contribution in [3.63, 3.8) is 0 Å². The molecular formula is C28H29N3S. The highest BCUT2D eigenvalue weighted by Gasteiger charge is 2.14. The highest BCUT2D eigenvalue weighted by Crippen LogP contribution is 2.43. The normalized spacial score (nSPS) is 11.5. The molecule has 0 spiro atoms. The van der Waals surface area contributed by atoms with Crippen molar-refractivity contribution < 1.29 is 0 Å². The van der Waals surface area contributed by atoms with Gasteiger partial charge in [-0.2, -0.15) is 0 Å². The van der Waals surface area contributed by atoms with Crippen LogP contribution < -0.4 is 16.8 Å². The lowest BCUT2D eigenvalue weighted by molar-refractivity contribution is 1.25. The van der Waals surface area contributed by atoms with Crippen LogP contribution in [0.4, 0.5) is 22.7 Å². The largest absolute Gasteiger partial charge is 0.399 e. The molecule has 4 heteroatoms. The number of nitrogens with one attached hydrogen (secondary N) is 1. The van der Waals surface area contributed by atoms with Crippen molar-refractivity contribution >= 4 is 34.5 Å². The number of anilines is 4. The quantitative estimate of drug-likeness (QED) is 0.235. The Bertz CT molecular complexity index is 1160. The van der Waals surface area contributed by atoms with E-state index < -0.39 is 0 Å². The summed E-state index contributed by atoms with van der Waals surface area (Å²) in [5.74, 6) is 0. The summed E-state index contributed by atoms with van der Waals surface area (Å²) in [7, 11) is 0. The molecule has 0 fully saturated rings. The zero-order valence-corrected chi connectivity index (χ0v) is 19.8. The Morgan fingerprint density at radius 1 is 0.594 bits per heavy atom. The number of hydrogen-bond acceptors (Lipinski definition) is 4. The molecule has 0 saturated carbocycles. The molecule has 5 rings (SSSR count). The number of nitrogen functional groups attached to an aromatic ring is 2. The van der Waals surface area contributed by atoms with Crippen molar-refractivity contribution in [2.45, 2.75) is 37.5 Å². The molecule has 0 radical (unpaired) electrons. The smallest absolute Gasteiger partial charge is 0.0526 e. The topological polar surface area (TPSA) is 64.1 Å². The molecule has 0 aromatic heterocycles. The number of rotatable bonds is 1. The molecule has 162 valence electrons. The van der Waals surface area contributed by atoms with Crippen LogP contribution in [0, 0.1) is 27.7 Å². The van der Waals surface area contributed by atoms with E-state index in [1.165, 1.54) is 54.5 Å². The molecule has 0 bridgehead atoms. The number of fused-ring (bicyclic) bond motifs is 2. The van der Waals surface area contributed by atoms with E-state index in [4.69, 9.17) is 11.5 Å². The predicted octanol–water partition coefficient (Wildman–Crippen LogP) is 7.65. The highest BCUT2D eigenvalue weighted by atomic mass is 32.2. The van der Waals surface area contributed by atoms with Gasteiger partial charge in [-0.25, -0.2) is 0 Å². The van der Waals surface area contributed by atoms with E-state index in [-0.39, 0.29) is 0 Å². The van der Waals surface area contributed by atoms with Gasteiger partial charge in [-0.15, -0.1) is 0 Å². The van der Waals surface area contributed by atoms with E-state index in [9.17, 15) is 0 Å². The van der Waals surface area contributed by atoms with Gasteiger partial charge < -0.3 is 16.8 Å². The van der Waals surface area contributed by atoms with Crippen LogP contribution in [0.5, 0.6) is 0 Å². The van der Waals surface area contributed by atoms with Gasteiger partial charge in [-0.05, 0) is 97.5 Å². The van der Waals surface area contributed by atoms with Gasteiger partial charge in [0.1, 0.15) is 0 Å². The second-order valence-electron chi connectivity index (χ2n) is 8.13. The van der Waals surface area contributed by atoms with Crippen molar-refractivity contribution in [1.82, 2.24) is 0 Å². The fraction of sp³-hybridized carbons (Fsp3) is 0.143. The maximum atomic E-state index is 6.13. The minimum atomic E-state index is 0.790. The molecule has 5 N–H and O–H groups in total. The summed E-state index contributed by atoms with van der Waals surface area (Å²) in [5.41, 5.74) is 23.3. The molecule has 3 nitrogen and oxygen atoms in total. The Labute approximate surface area is 194 Å². The van der Waals surface area contributed by atoms with Gasteiger partial charge in [-0.3, -0.25) is 0 Å². The number of hydrogen-bond donors (Lipinski definition) is 3. The van der Waals surface area contributed by atoms with Gasteiger partial charge in [-0.1, -0.05) is 48.2 Å². The Kier molecular flexibility index (Phi) is 6.15. The van der Waals surface area contributed by atoms with Crippen LogP contribution in [0.2, 0.25) is 0 Å². The zero-order valence-electron chi connectivity index (χ0n) is 19.0. The van der Waals surface area contributed by atoms with E-state index in [1.54, 1.807) is 0 Å². The molecule has 1 aliphatic heterocycles. The van der Waals surface area contributed by atoms with Gasteiger partial charge in [0, 0.05) is 21.2 Å². The van der Waals surface area contributed by atoms with E-state index in [0.717, 1.165) is 11.4 Å². The van der Waals surface area contributed by atoms with Gasteiger partial charge in [0.15, 0.2) is 0 Å². The first-order valence-electron chi connectivity index (χ1n) is 10.7. The average Bonchev–Trinajstić information content (AvgIpc) is 2.82. The predicted molar refractivity (Wildman–Crippen MR) is 140 cm³/mol. The van der Waals surface area contributed by atoms with Crippen molar-refractivity contribution in [3.8, 4) is 11.1 Å². The first-order valence-corrected chi connectivity index (χ1v) is 11.5. The summed E-state index contributed by atoms with van der Waals surface area (Å²) in [6.07, 6.45) is 0. The molecule has 0 atom stereocenters. The van der Waals surface area contributed by atoms with Gasteiger partial charge >= 0.3 is 0 Å². The lowest BCUT2D eigenvalue weighted by Crippen LogP contribution is -2.02. The van der Waals surface area contributed by atoms with Crippen LogP contribution in [-0.2, 0) is 0 Å². The van der Waals surface area contributed by atoms with Crippen LogP contribution in [0.25, 0.3) is 11.1 Å². The second-order valence-corrected chi connectivity index (χ2v) is 9.21. The van der Waals surface area contributed by atoms with Gasteiger partial charge in [0.25, 0.3) is 0 Å². The van der Waals surface area contributed by atoms with Crippen molar-refractivity contribution in [1.29, 1.82) is 0 Å². The number of benzene rings is 4. The van der Waals surface area contributed by atoms with Gasteiger partial charge in [0.2, 0.25) is 0 Å². The first-order chi connectivity index (χ1) is 15.4. The van der Waals surface area contributed by atoms with Crippen LogP contribution in [0.1, 0.15) is 22.3 Å². The molecule has 1 heterocycles. The third kappa shape index (κ3) is 4.19. The van der Waals surface area contributed by atoms with E-state index in [1.807, 2.05) is 23.9 Å². The maximum Gasteiger partial charge on any atom is 0.0526 e. The Morgan fingerprint density at radius 3 is 1.56 bits per heavy atom. The second kappa shape index (κ2) is 9.01. The number of nitrogens with two attached hydrogens (primary N) is 2. The summed E-state index contributed by atoms with van der Waals surface area (Å²) in [4.78, 5) is 2.59. The minimum absolute atomic E-state index is 0.790. The molecule has 0 aliphatic carbocycles. The SMILES string of the molecule is Cc1c(C)c(-c2ccc(N)cc2)c(C)c(C)c1N.c1ccc2c(c1)Nc1ccccc1S2. The minimum Gasteiger partial charge on any atom is -0.399 e. The molecule has 0 saturated heterocycles. The molecule has 1 aliphatic rings. The summed E-state index contributed by atoms with van der Waals surface area (Å²) >= 11 is 1.82.